The number of nitrogens with zero attached hydrogens (tertiary/aromatic N) is 1. The van der Waals surface area contributed by atoms with Crippen molar-refractivity contribution < 1.29 is 4.79 Å². The molecule has 2 heterocycles. The number of rotatable bonds is 3. The molecule has 0 aliphatic carbocycles. The molecule has 1 unspecified atom stereocenters. The molecule has 1 aromatic rings. The van der Waals surface area contributed by atoms with Crippen molar-refractivity contribution in [3.05, 3.63) is 22.4 Å². The lowest BCUT2D eigenvalue weighted by Gasteiger charge is -2.33. The lowest BCUT2D eigenvalue weighted by Crippen LogP contribution is -2.43. The first-order valence-electron chi connectivity index (χ1n) is 6.21. The summed E-state index contributed by atoms with van der Waals surface area (Å²) in [5.41, 5.74) is 7.03. The van der Waals surface area contributed by atoms with Crippen LogP contribution in [0.4, 0.5) is 0 Å². The van der Waals surface area contributed by atoms with Gasteiger partial charge in [0.05, 0.1) is 6.42 Å². The van der Waals surface area contributed by atoms with Gasteiger partial charge in [-0.15, -0.1) is 12.4 Å². The molecule has 1 aromatic heterocycles. The van der Waals surface area contributed by atoms with Crippen LogP contribution in [0.5, 0.6) is 0 Å². The summed E-state index contributed by atoms with van der Waals surface area (Å²) in [5, 5.41) is 4.07. The lowest BCUT2D eigenvalue weighted by atomic mass is 9.91. The summed E-state index contributed by atoms with van der Waals surface area (Å²) in [6, 6.07) is 2.28. The molecule has 5 heteroatoms. The Hall–Kier alpha value is -0.580. The Bertz CT molecular complexity index is 359. The molecule has 0 bridgehead atoms. The maximum atomic E-state index is 12.0. The maximum Gasteiger partial charge on any atom is 0.227 e. The summed E-state index contributed by atoms with van der Waals surface area (Å²) in [4.78, 5) is 14.0. The topological polar surface area (TPSA) is 46.3 Å². The monoisotopic (exact) mass is 288 g/mol. The largest absolute Gasteiger partial charge is 0.342 e. The Morgan fingerprint density at radius 3 is 2.72 bits per heavy atom. The standard InChI is InChI=1S/C13H20N2OS.ClH/c1-10(14)12-2-5-15(6-3-12)13(16)8-11-4-7-17-9-11;/h4,7,9-10,12H,2-3,5-6,8,14H2,1H3;1H. The highest BCUT2D eigenvalue weighted by Crippen LogP contribution is 2.20. The first kappa shape index (κ1) is 15.5. The Kier molecular flexibility index (Phi) is 6.12. The summed E-state index contributed by atoms with van der Waals surface area (Å²) in [7, 11) is 0. The van der Waals surface area contributed by atoms with E-state index in [1.807, 2.05) is 21.7 Å². The van der Waals surface area contributed by atoms with Crippen molar-refractivity contribution >= 4 is 29.7 Å². The molecule has 1 saturated heterocycles. The van der Waals surface area contributed by atoms with Crippen LogP contribution in [-0.2, 0) is 11.2 Å². The van der Waals surface area contributed by atoms with E-state index in [1.165, 1.54) is 0 Å². The number of carbonyl (C=O) groups is 1. The van der Waals surface area contributed by atoms with Crippen LogP contribution < -0.4 is 5.73 Å². The van der Waals surface area contributed by atoms with Gasteiger partial charge in [0.1, 0.15) is 0 Å². The van der Waals surface area contributed by atoms with E-state index in [-0.39, 0.29) is 24.4 Å². The van der Waals surface area contributed by atoms with E-state index in [1.54, 1.807) is 11.3 Å². The highest BCUT2D eigenvalue weighted by molar-refractivity contribution is 7.07. The van der Waals surface area contributed by atoms with Crippen molar-refractivity contribution in [2.24, 2.45) is 11.7 Å². The fourth-order valence-corrected chi connectivity index (χ4v) is 3.02. The molecular weight excluding hydrogens is 268 g/mol. The number of likely N-dealkylation sites (tertiary alicyclic amines) is 1. The van der Waals surface area contributed by atoms with Gasteiger partial charge in [-0.1, -0.05) is 0 Å². The van der Waals surface area contributed by atoms with Crippen LogP contribution in [0.1, 0.15) is 25.3 Å². The van der Waals surface area contributed by atoms with Gasteiger partial charge in [-0.25, -0.2) is 0 Å². The predicted molar refractivity (Wildman–Crippen MR) is 78.2 cm³/mol. The smallest absolute Gasteiger partial charge is 0.227 e. The third-order valence-corrected chi connectivity index (χ3v) is 4.30. The third-order valence-electron chi connectivity index (χ3n) is 3.57. The summed E-state index contributed by atoms with van der Waals surface area (Å²) in [6.07, 6.45) is 2.65. The van der Waals surface area contributed by atoms with Crippen molar-refractivity contribution in [2.75, 3.05) is 13.1 Å². The van der Waals surface area contributed by atoms with Crippen LogP contribution >= 0.6 is 23.7 Å². The number of thiophene rings is 1. The summed E-state index contributed by atoms with van der Waals surface area (Å²) in [5.74, 6) is 0.840. The molecule has 18 heavy (non-hydrogen) atoms. The van der Waals surface area contributed by atoms with Crippen LogP contribution in [-0.4, -0.2) is 29.9 Å². The third kappa shape index (κ3) is 3.97. The van der Waals surface area contributed by atoms with Crippen molar-refractivity contribution in [1.29, 1.82) is 0 Å². The summed E-state index contributed by atoms with van der Waals surface area (Å²) < 4.78 is 0. The molecule has 1 amide bonds. The Balaban J connectivity index is 0.00000162. The van der Waals surface area contributed by atoms with Gasteiger partial charge < -0.3 is 10.6 Å². The van der Waals surface area contributed by atoms with Gasteiger partial charge in [0, 0.05) is 19.1 Å². The van der Waals surface area contributed by atoms with Gasteiger partial charge >= 0.3 is 0 Å². The first-order chi connectivity index (χ1) is 8.16. The van der Waals surface area contributed by atoms with E-state index < -0.39 is 0 Å². The first-order valence-corrected chi connectivity index (χ1v) is 7.15. The normalized spacial score (nSPS) is 18.2. The molecule has 3 nitrogen and oxygen atoms in total. The predicted octanol–water partition coefficient (Wildman–Crippen LogP) is 2.30. The van der Waals surface area contributed by atoms with Gasteiger partial charge in [-0.05, 0) is 48.1 Å². The number of carbonyl (C=O) groups excluding carboxylic acids is 1. The van der Waals surface area contributed by atoms with E-state index >= 15 is 0 Å². The zero-order chi connectivity index (χ0) is 12.3. The molecule has 2 rings (SSSR count). The number of nitrogens with two attached hydrogens (primary N) is 1. The minimum atomic E-state index is 0. The average Bonchev–Trinajstić information content (AvgIpc) is 2.82. The van der Waals surface area contributed by atoms with Crippen LogP contribution in [0, 0.1) is 5.92 Å². The number of hydrogen-bond donors (Lipinski definition) is 1. The van der Waals surface area contributed by atoms with Crippen LogP contribution in [0.3, 0.4) is 0 Å². The number of amides is 1. The fraction of sp³-hybridized carbons (Fsp3) is 0.615. The number of piperidine rings is 1. The number of halogens is 1. The van der Waals surface area contributed by atoms with Gasteiger partial charge in [0.15, 0.2) is 0 Å². The number of hydrogen-bond acceptors (Lipinski definition) is 3. The molecule has 1 aliphatic rings. The van der Waals surface area contributed by atoms with Crippen molar-refractivity contribution in [3.63, 3.8) is 0 Å². The van der Waals surface area contributed by atoms with Gasteiger partial charge in [0.25, 0.3) is 0 Å². The Morgan fingerprint density at radius 2 is 2.22 bits per heavy atom. The minimum Gasteiger partial charge on any atom is -0.342 e. The van der Waals surface area contributed by atoms with Crippen molar-refractivity contribution in [3.8, 4) is 0 Å². The fourth-order valence-electron chi connectivity index (χ4n) is 2.35. The Morgan fingerprint density at radius 1 is 1.56 bits per heavy atom. The van der Waals surface area contributed by atoms with E-state index in [0.29, 0.717) is 12.3 Å². The van der Waals surface area contributed by atoms with E-state index in [0.717, 1.165) is 31.5 Å². The maximum absolute atomic E-state index is 12.0. The molecule has 1 fully saturated rings. The second-order valence-corrected chi connectivity index (χ2v) is 5.67. The molecule has 102 valence electrons. The highest BCUT2D eigenvalue weighted by Gasteiger charge is 2.24. The lowest BCUT2D eigenvalue weighted by molar-refractivity contribution is -0.131. The molecule has 0 aromatic carbocycles. The zero-order valence-corrected chi connectivity index (χ0v) is 12.3. The van der Waals surface area contributed by atoms with Gasteiger partial charge in [0.2, 0.25) is 5.91 Å². The molecule has 0 radical (unpaired) electrons. The molecule has 1 atom stereocenters. The van der Waals surface area contributed by atoms with Crippen LogP contribution in [0.15, 0.2) is 16.8 Å². The van der Waals surface area contributed by atoms with E-state index in [9.17, 15) is 4.79 Å². The van der Waals surface area contributed by atoms with Gasteiger partial charge in [-0.3, -0.25) is 4.79 Å². The van der Waals surface area contributed by atoms with Gasteiger partial charge in [-0.2, -0.15) is 11.3 Å². The van der Waals surface area contributed by atoms with Crippen LogP contribution in [0.25, 0.3) is 0 Å². The van der Waals surface area contributed by atoms with E-state index in [2.05, 4.69) is 6.92 Å². The van der Waals surface area contributed by atoms with Crippen molar-refractivity contribution in [1.82, 2.24) is 4.90 Å². The average molecular weight is 289 g/mol. The SMILES string of the molecule is CC(N)C1CCN(C(=O)Cc2ccsc2)CC1.Cl. The van der Waals surface area contributed by atoms with Crippen molar-refractivity contribution in [2.45, 2.75) is 32.2 Å². The Labute approximate surface area is 119 Å². The minimum absolute atomic E-state index is 0. The summed E-state index contributed by atoms with van der Waals surface area (Å²) >= 11 is 1.65. The highest BCUT2D eigenvalue weighted by atomic mass is 35.5. The quantitative estimate of drug-likeness (QED) is 0.928. The summed E-state index contributed by atoms with van der Waals surface area (Å²) in [6.45, 7) is 3.80. The van der Waals surface area contributed by atoms with Crippen LogP contribution in [0.2, 0.25) is 0 Å². The molecule has 2 N–H and O–H groups in total. The molecule has 1 aliphatic heterocycles. The zero-order valence-electron chi connectivity index (χ0n) is 10.7. The van der Waals surface area contributed by atoms with E-state index in [4.69, 9.17) is 5.73 Å². The molecule has 0 saturated carbocycles. The second-order valence-electron chi connectivity index (χ2n) is 4.89. The molecule has 0 spiro atoms. The molecular formula is C13H21ClN2OS. The second kappa shape index (κ2) is 7.12.